The minimum absolute atomic E-state index is 0.666. The molecule has 2 saturated heterocycles. The second kappa shape index (κ2) is 6.81. The molecule has 5 heteroatoms. The zero-order valence-electron chi connectivity index (χ0n) is 11.7. The SMILES string of the molecule is CCO[P@@](C)(=S)OC[C@@H]1CCC[NH+]2CCCC[C@H]12. The zero-order chi connectivity index (χ0) is 13.0. The smallest absolute Gasteiger partial charge is 0.185 e. The van der Waals surface area contributed by atoms with Gasteiger partial charge in [0.1, 0.15) is 0 Å². The van der Waals surface area contributed by atoms with Gasteiger partial charge in [-0.25, -0.2) is 0 Å². The Bertz CT molecular complexity index is 311. The Labute approximate surface area is 116 Å². The van der Waals surface area contributed by atoms with Crippen molar-refractivity contribution in [1.82, 2.24) is 0 Å². The van der Waals surface area contributed by atoms with Crippen molar-refractivity contribution in [2.75, 3.05) is 33.0 Å². The lowest BCUT2D eigenvalue weighted by molar-refractivity contribution is -0.940. The van der Waals surface area contributed by atoms with Crippen molar-refractivity contribution in [2.45, 2.75) is 45.1 Å². The lowest BCUT2D eigenvalue weighted by atomic mass is 9.84. The van der Waals surface area contributed by atoms with Gasteiger partial charge in [0, 0.05) is 12.6 Å². The molecule has 4 atom stereocenters. The molecule has 0 aromatic rings. The van der Waals surface area contributed by atoms with E-state index in [-0.39, 0.29) is 0 Å². The molecule has 18 heavy (non-hydrogen) atoms. The highest BCUT2D eigenvalue weighted by atomic mass is 32.5. The van der Waals surface area contributed by atoms with Crippen LogP contribution in [0.5, 0.6) is 0 Å². The maximum atomic E-state index is 5.95. The molecule has 0 amide bonds. The Morgan fingerprint density at radius 2 is 1.94 bits per heavy atom. The van der Waals surface area contributed by atoms with Gasteiger partial charge in [0.2, 0.25) is 0 Å². The second-order valence-corrected chi connectivity index (χ2v) is 9.70. The molecular formula is C13H27NO2PS+. The molecule has 1 unspecified atom stereocenters. The van der Waals surface area contributed by atoms with Crippen LogP contribution < -0.4 is 4.90 Å². The highest BCUT2D eigenvalue weighted by molar-refractivity contribution is 8.09. The third-order valence-corrected chi connectivity index (χ3v) is 6.29. The number of quaternary nitrogens is 1. The summed E-state index contributed by atoms with van der Waals surface area (Å²) in [6, 6.07) is 0.823. The van der Waals surface area contributed by atoms with Crippen LogP contribution in [0.1, 0.15) is 39.0 Å². The quantitative estimate of drug-likeness (QED) is 0.782. The summed E-state index contributed by atoms with van der Waals surface area (Å²) in [5.41, 5.74) is 0. The number of fused-ring (bicyclic) bond motifs is 1. The van der Waals surface area contributed by atoms with E-state index in [2.05, 4.69) is 0 Å². The van der Waals surface area contributed by atoms with Crippen molar-refractivity contribution >= 4 is 18.3 Å². The number of rotatable bonds is 5. The Morgan fingerprint density at radius 3 is 2.72 bits per heavy atom. The normalized spacial score (nSPS) is 35.8. The summed E-state index contributed by atoms with van der Waals surface area (Å²) in [6.07, 6.45) is 6.85. The molecular weight excluding hydrogens is 265 g/mol. The molecule has 2 aliphatic heterocycles. The molecule has 2 rings (SSSR count). The Kier molecular flexibility index (Phi) is 5.64. The van der Waals surface area contributed by atoms with Gasteiger partial charge in [0.25, 0.3) is 0 Å². The summed E-state index contributed by atoms with van der Waals surface area (Å²) in [7, 11) is 0. The van der Waals surface area contributed by atoms with E-state index in [4.69, 9.17) is 20.9 Å². The van der Waals surface area contributed by atoms with Gasteiger partial charge >= 0.3 is 0 Å². The fraction of sp³-hybridized carbons (Fsp3) is 1.00. The second-order valence-electron chi connectivity index (χ2n) is 5.65. The minimum Gasteiger partial charge on any atom is -0.332 e. The first-order valence-electron chi connectivity index (χ1n) is 7.33. The van der Waals surface area contributed by atoms with Crippen LogP contribution in [0.25, 0.3) is 0 Å². The van der Waals surface area contributed by atoms with E-state index < -0.39 is 6.49 Å². The Morgan fingerprint density at radius 1 is 1.17 bits per heavy atom. The number of nitrogens with one attached hydrogen (secondary N) is 1. The van der Waals surface area contributed by atoms with Crippen molar-refractivity contribution in [3.05, 3.63) is 0 Å². The highest BCUT2D eigenvalue weighted by Gasteiger charge is 2.37. The molecule has 106 valence electrons. The Hall–Kier alpha value is 0.530. The van der Waals surface area contributed by atoms with Gasteiger partial charge in [-0.05, 0) is 50.8 Å². The molecule has 0 bridgehead atoms. The first-order valence-corrected chi connectivity index (χ1v) is 10.4. The van der Waals surface area contributed by atoms with Gasteiger partial charge in [-0.3, -0.25) is 0 Å². The Balaban J connectivity index is 1.86. The minimum atomic E-state index is -1.98. The van der Waals surface area contributed by atoms with Gasteiger partial charge in [0.05, 0.1) is 32.3 Å². The number of hydrogen-bond donors (Lipinski definition) is 1. The zero-order valence-corrected chi connectivity index (χ0v) is 13.4. The first kappa shape index (κ1) is 14.9. The van der Waals surface area contributed by atoms with Gasteiger partial charge in [-0.1, -0.05) is 0 Å². The fourth-order valence-electron chi connectivity index (χ4n) is 3.48. The standard InChI is InChI=1S/C13H26NO2PS/c1-3-15-17(2,18)16-11-12-7-6-10-14-9-5-4-8-13(12)14/h12-13H,3-11H2,1-2H3/p+1/t12-,13+,17+/m0/s1. The predicted octanol–water partition coefficient (Wildman–Crippen LogP) is 1.83. The van der Waals surface area contributed by atoms with E-state index in [1.807, 2.05) is 18.5 Å². The van der Waals surface area contributed by atoms with Gasteiger partial charge in [-0.2, -0.15) is 0 Å². The summed E-state index contributed by atoms with van der Waals surface area (Å²) in [5.74, 6) is 0.705. The van der Waals surface area contributed by atoms with E-state index in [1.54, 1.807) is 0 Å². The van der Waals surface area contributed by atoms with Crippen molar-refractivity contribution in [3.63, 3.8) is 0 Å². The van der Waals surface area contributed by atoms with Crippen LogP contribution in [0, 0.1) is 5.92 Å². The van der Waals surface area contributed by atoms with Crippen LogP contribution in [0.2, 0.25) is 0 Å². The summed E-state index contributed by atoms with van der Waals surface area (Å²) >= 11 is 5.42. The van der Waals surface area contributed by atoms with E-state index >= 15 is 0 Å². The van der Waals surface area contributed by atoms with Crippen molar-refractivity contribution in [3.8, 4) is 0 Å². The van der Waals surface area contributed by atoms with Crippen molar-refractivity contribution in [1.29, 1.82) is 0 Å². The number of piperidine rings is 2. The lowest BCUT2D eigenvalue weighted by Crippen LogP contribution is -3.18. The maximum absolute atomic E-state index is 5.95. The summed E-state index contributed by atoms with van der Waals surface area (Å²) in [4.78, 5) is 1.82. The molecule has 2 heterocycles. The van der Waals surface area contributed by atoms with Crippen LogP contribution in [0.3, 0.4) is 0 Å². The summed E-state index contributed by atoms with van der Waals surface area (Å²) in [6.45, 7) is 6.19. The van der Waals surface area contributed by atoms with Crippen molar-refractivity contribution in [2.24, 2.45) is 5.92 Å². The van der Waals surface area contributed by atoms with Crippen LogP contribution in [-0.2, 0) is 20.9 Å². The van der Waals surface area contributed by atoms with Crippen LogP contribution >= 0.6 is 6.49 Å². The largest absolute Gasteiger partial charge is 0.332 e. The third kappa shape index (κ3) is 4.01. The summed E-state index contributed by atoms with van der Waals surface area (Å²) < 4.78 is 11.5. The van der Waals surface area contributed by atoms with E-state index in [0.717, 1.165) is 12.6 Å². The highest BCUT2D eigenvalue weighted by Crippen LogP contribution is 2.45. The van der Waals surface area contributed by atoms with Crippen molar-refractivity contribution < 1.29 is 13.9 Å². The number of hydrogen-bond acceptors (Lipinski definition) is 3. The fourth-order valence-corrected chi connectivity index (χ4v) is 4.98. The first-order chi connectivity index (χ1) is 8.62. The van der Waals surface area contributed by atoms with E-state index in [1.165, 1.54) is 45.2 Å². The van der Waals surface area contributed by atoms with E-state index in [9.17, 15) is 0 Å². The molecule has 2 fully saturated rings. The molecule has 2 aliphatic rings. The van der Waals surface area contributed by atoms with Gasteiger partial charge in [0.15, 0.2) is 6.49 Å². The topological polar surface area (TPSA) is 22.9 Å². The van der Waals surface area contributed by atoms with Gasteiger partial charge in [-0.15, -0.1) is 0 Å². The van der Waals surface area contributed by atoms with E-state index in [0.29, 0.717) is 12.5 Å². The average Bonchev–Trinajstić information content (AvgIpc) is 2.36. The summed E-state index contributed by atoms with van der Waals surface area (Å²) in [5, 5.41) is 0. The molecule has 0 aromatic carbocycles. The predicted molar refractivity (Wildman–Crippen MR) is 78.8 cm³/mol. The third-order valence-electron chi connectivity index (χ3n) is 4.32. The van der Waals surface area contributed by atoms with Crippen LogP contribution in [0.15, 0.2) is 0 Å². The molecule has 0 radical (unpaired) electrons. The van der Waals surface area contributed by atoms with Crippen LogP contribution in [-0.4, -0.2) is 39.0 Å². The molecule has 1 N–H and O–H groups in total. The molecule has 0 saturated carbocycles. The maximum Gasteiger partial charge on any atom is 0.185 e. The van der Waals surface area contributed by atoms with Gasteiger partial charge < -0.3 is 13.9 Å². The monoisotopic (exact) mass is 292 g/mol. The lowest BCUT2D eigenvalue weighted by Gasteiger charge is -2.41. The molecule has 3 nitrogen and oxygen atoms in total. The molecule has 0 spiro atoms. The van der Waals surface area contributed by atoms with Crippen LogP contribution in [0.4, 0.5) is 0 Å². The molecule has 0 aromatic heterocycles. The molecule has 0 aliphatic carbocycles. The average molecular weight is 292 g/mol.